The van der Waals surface area contributed by atoms with Crippen molar-refractivity contribution in [3.63, 3.8) is 0 Å². The number of nitrogens with zero attached hydrogens (tertiary/aromatic N) is 1. The van der Waals surface area contributed by atoms with Gasteiger partial charge in [-0.2, -0.15) is 13.6 Å². The molecule has 1 fully saturated rings. The monoisotopic (exact) mass is 279 g/mol. The Hall–Kier alpha value is -0.843. The van der Waals surface area contributed by atoms with Crippen molar-refractivity contribution >= 4 is 18.2 Å². The number of rotatable bonds is 4. The van der Waals surface area contributed by atoms with Crippen LogP contribution in [0.15, 0.2) is 17.1 Å². The summed E-state index contributed by atoms with van der Waals surface area (Å²) in [5.41, 5.74) is 3.55. The molecule has 1 saturated carbocycles. The van der Waals surface area contributed by atoms with Crippen molar-refractivity contribution in [2.24, 2.45) is 10.9 Å². The molecular weight excluding hydrogens is 253 g/mol. The third kappa shape index (κ3) is 5.81. The number of hydrogen-bond acceptors (Lipinski definition) is 2. The second-order valence-corrected chi connectivity index (χ2v) is 5.01. The molecule has 112 valence electrons. The Kier molecular flexibility index (Phi) is 11.6. The van der Waals surface area contributed by atoms with Gasteiger partial charge in [0.15, 0.2) is 5.78 Å². The molecule has 0 radical (unpaired) electrons. The molecule has 0 aromatic heterocycles. The van der Waals surface area contributed by atoms with Crippen LogP contribution < -0.4 is 18.9 Å². The van der Waals surface area contributed by atoms with Crippen molar-refractivity contribution < 1.29 is 23.7 Å². The maximum Gasteiger partial charge on any atom is 1.00 e. The number of hydrogen-bond donors (Lipinski definition) is 0. The molecule has 2 nitrogen and oxygen atoms in total. The molecule has 1 aliphatic carbocycles. The van der Waals surface area contributed by atoms with Crippen LogP contribution in [-0.4, -0.2) is 12.5 Å². The van der Waals surface area contributed by atoms with Gasteiger partial charge in [0.25, 0.3) is 0 Å². The second kappa shape index (κ2) is 10.8. The minimum Gasteiger partial charge on any atom is -0.459 e. The van der Waals surface area contributed by atoms with E-state index in [1.807, 2.05) is 26.0 Å². The van der Waals surface area contributed by atoms with Gasteiger partial charge in [-0.15, -0.1) is 11.6 Å². The molecule has 1 aliphatic rings. The van der Waals surface area contributed by atoms with Crippen molar-refractivity contribution in [1.82, 2.24) is 0 Å². The van der Waals surface area contributed by atoms with Crippen molar-refractivity contribution in [2.45, 2.75) is 46.5 Å². The zero-order chi connectivity index (χ0) is 14.4. The second-order valence-electron chi connectivity index (χ2n) is 5.01. The first-order chi connectivity index (χ1) is 9.11. The number of aryl methyl sites for hydroxylation is 2. The van der Waals surface area contributed by atoms with Crippen LogP contribution in [0, 0.1) is 34.1 Å². The quantitative estimate of drug-likeness (QED) is 0.359. The van der Waals surface area contributed by atoms with Crippen LogP contribution in [0.25, 0.3) is 0 Å². The van der Waals surface area contributed by atoms with Gasteiger partial charge in [0.1, 0.15) is 0 Å². The van der Waals surface area contributed by atoms with Crippen LogP contribution in [0.4, 0.5) is 5.69 Å². The first kappa shape index (κ1) is 22.4. The Balaban J connectivity index is 0. The van der Waals surface area contributed by atoms with Crippen LogP contribution in [0.5, 0.6) is 0 Å². The van der Waals surface area contributed by atoms with Crippen molar-refractivity contribution in [1.29, 1.82) is 0 Å². The van der Waals surface area contributed by atoms with Crippen molar-refractivity contribution in [2.75, 3.05) is 0 Å². The fourth-order valence-corrected chi connectivity index (χ4v) is 2.31. The molecular formula is C18H26LiNO-2. The zero-order valence-corrected chi connectivity index (χ0v) is 14.2. The van der Waals surface area contributed by atoms with Crippen molar-refractivity contribution in [3.05, 3.63) is 43.2 Å². The van der Waals surface area contributed by atoms with Crippen LogP contribution >= 0.6 is 0 Å². The Morgan fingerprint density at radius 1 is 1.29 bits per heavy atom. The van der Waals surface area contributed by atoms with Crippen LogP contribution in [0.1, 0.15) is 54.1 Å². The molecule has 0 heterocycles. The third-order valence-electron chi connectivity index (χ3n) is 3.68. The molecule has 0 atom stereocenters. The SMILES string of the molecule is [CH-]=Nc1cc(C)c(C(=O)CC2CCC2)cc1C.[CH2-]C.[CH3-].[Li+]. The van der Waals surface area contributed by atoms with Crippen LogP contribution in [0.2, 0.25) is 0 Å². The number of Topliss-reactive ketones (excluding diaryl/α,β-unsaturated/α-hetero) is 1. The molecule has 0 N–H and O–H groups in total. The van der Waals surface area contributed by atoms with Gasteiger partial charge in [0.2, 0.25) is 0 Å². The van der Waals surface area contributed by atoms with Gasteiger partial charge in [-0.05, 0) is 12.8 Å². The summed E-state index contributed by atoms with van der Waals surface area (Å²) in [4.78, 5) is 15.9. The van der Waals surface area contributed by atoms with E-state index in [0.717, 1.165) is 22.4 Å². The predicted octanol–water partition coefficient (Wildman–Crippen LogP) is 2.18. The van der Waals surface area contributed by atoms with E-state index in [4.69, 9.17) is 6.72 Å². The number of ketones is 1. The van der Waals surface area contributed by atoms with Gasteiger partial charge in [-0.3, -0.25) is 4.79 Å². The summed E-state index contributed by atoms with van der Waals surface area (Å²) >= 11 is 0. The summed E-state index contributed by atoms with van der Waals surface area (Å²) in [7, 11) is 0. The Morgan fingerprint density at radius 3 is 2.29 bits per heavy atom. The first-order valence-electron chi connectivity index (χ1n) is 6.88. The molecule has 0 aliphatic heterocycles. The van der Waals surface area contributed by atoms with Crippen molar-refractivity contribution in [3.8, 4) is 0 Å². The van der Waals surface area contributed by atoms with E-state index in [9.17, 15) is 4.79 Å². The Bertz CT molecular complexity index is 465. The average Bonchev–Trinajstić information content (AvgIpc) is 2.38. The normalized spacial score (nSPS) is 12.8. The fourth-order valence-electron chi connectivity index (χ4n) is 2.31. The maximum absolute atomic E-state index is 12.2. The van der Waals surface area contributed by atoms with Crippen LogP contribution in [0.3, 0.4) is 0 Å². The largest absolute Gasteiger partial charge is 1.00 e. The molecule has 2 rings (SSSR count). The molecule has 0 unspecified atom stereocenters. The Labute approximate surface area is 142 Å². The minimum absolute atomic E-state index is 0. The summed E-state index contributed by atoms with van der Waals surface area (Å²) in [5, 5.41) is 0. The fraction of sp³-hybridized carbons (Fsp3) is 0.444. The molecule has 0 saturated heterocycles. The molecule has 1 aromatic carbocycles. The zero-order valence-electron chi connectivity index (χ0n) is 14.2. The summed E-state index contributed by atoms with van der Waals surface area (Å²) in [6.45, 7) is 14.2. The smallest absolute Gasteiger partial charge is 0.459 e. The van der Waals surface area contributed by atoms with Gasteiger partial charge < -0.3 is 19.3 Å². The van der Waals surface area contributed by atoms with E-state index in [-0.39, 0.29) is 32.1 Å². The molecule has 0 amide bonds. The summed E-state index contributed by atoms with van der Waals surface area (Å²) in [5.74, 6) is 0.875. The average molecular weight is 279 g/mol. The van der Waals surface area contributed by atoms with E-state index in [1.165, 1.54) is 19.3 Å². The first-order valence-corrected chi connectivity index (χ1v) is 6.88. The summed E-state index contributed by atoms with van der Waals surface area (Å²) in [6, 6.07) is 3.81. The van der Waals surface area contributed by atoms with E-state index in [1.54, 1.807) is 6.92 Å². The number of carbonyl (C=O) groups is 1. The summed E-state index contributed by atoms with van der Waals surface area (Å²) < 4.78 is 0. The van der Waals surface area contributed by atoms with Gasteiger partial charge in [-0.25, -0.2) is 0 Å². The molecule has 0 bridgehead atoms. The standard InChI is InChI=1S/C15H18NO.C2H5.CH3.Li/c1-10-8-14(16-3)11(2)7-13(10)15(17)9-12-5-4-6-12;1-2;;/h3,7-8,12H,4-6,9H2,1-2H3;1H2,2H3;1H3;/q3*-1;+1. The van der Waals surface area contributed by atoms with Gasteiger partial charge >= 0.3 is 18.9 Å². The molecule has 0 spiro atoms. The molecule has 21 heavy (non-hydrogen) atoms. The Morgan fingerprint density at radius 2 is 1.86 bits per heavy atom. The topological polar surface area (TPSA) is 29.4 Å². The van der Waals surface area contributed by atoms with Gasteiger partial charge in [-0.1, -0.05) is 43.5 Å². The third-order valence-corrected chi connectivity index (χ3v) is 3.68. The van der Waals surface area contributed by atoms with Gasteiger partial charge in [0, 0.05) is 12.0 Å². The predicted molar refractivity (Wildman–Crippen MR) is 87.8 cm³/mol. The molecule has 3 heteroatoms. The van der Waals surface area contributed by atoms with E-state index in [0.29, 0.717) is 12.3 Å². The van der Waals surface area contributed by atoms with E-state index in [2.05, 4.69) is 11.9 Å². The van der Waals surface area contributed by atoms with Gasteiger partial charge in [0.05, 0.1) is 0 Å². The molecule has 1 aromatic rings. The maximum atomic E-state index is 12.2. The number of aliphatic imine (C=N–C) groups is 1. The number of carbonyl (C=O) groups excluding carboxylic acids is 1. The van der Waals surface area contributed by atoms with E-state index >= 15 is 0 Å². The van der Waals surface area contributed by atoms with E-state index < -0.39 is 0 Å². The number of benzene rings is 1. The van der Waals surface area contributed by atoms with Crippen LogP contribution in [-0.2, 0) is 0 Å². The minimum atomic E-state index is 0. The summed E-state index contributed by atoms with van der Waals surface area (Å²) in [6.07, 6.45) is 4.39.